The molecule has 4 aromatic rings. The van der Waals surface area contributed by atoms with Gasteiger partial charge in [-0.05, 0) is 60.5 Å². The number of hydrogen-bond acceptors (Lipinski definition) is 6. The van der Waals surface area contributed by atoms with Crippen LogP contribution in [0.3, 0.4) is 0 Å². The van der Waals surface area contributed by atoms with Crippen molar-refractivity contribution in [1.82, 2.24) is 35.4 Å². The lowest BCUT2D eigenvalue weighted by molar-refractivity contribution is 0.305. The van der Waals surface area contributed by atoms with Crippen molar-refractivity contribution < 1.29 is 4.74 Å². The third-order valence-corrected chi connectivity index (χ3v) is 5.27. The number of hydrogen-bond donors (Lipinski definition) is 2. The Hall–Kier alpha value is -3.75. The fourth-order valence-electron chi connectivity index (χ4n) is 3.54. The summed E-state index contributed by atoms with van der Waals surface area (Å²) in [7, 11) is 0. The smallest absolute Gasteiger partial charge is 0.260 e. The molecule has 0 radical (unpaired) electrons. The van der Waals surface area contributed by atoms with Gasteiger partial charge in [-0.25, -0.2) is 0 Å². The summed E-state index contributed by atoms with van der Waals surface area (Å²) < 4.78 is 7.64. The number of pyridine rings is 1. The first kappa shape index (κ1) is 21.5. The Morgan fingerprint density at radius 1 is 1.06 bits per heavy atom. The van der Waals surface area contributed by atoms with E-state index in [-0.39, 0.29) is 11.4 Å². The van der Waals surface area contributed by atoms with Crippen LogP contribution in [0.1, 0.15) is 39.5 Å². The number of nitrogens with one attached hydrogen (secondary N) is 2. The molecule has 9 nitrogen and oxygen atoms in total. The molecular formula is C23H27N7O2. The molecule has 32 heavy (non-hydrogen) atoms. The van der Waals surface area contributed by atoms with Gasteiger partial charge in [-0.2, -0.15) is 10.3 Å². The standard InChI is InChI=1S/C23H27N7O2/c1-3-5-6-7-14-32-17-10-8-16(9-11-17)20-15-18(19-12-13-30(4-2)27-19)21(23(31)24-20)22-25-28-29-26-22/h8-13,15H,3-7,14H2,1-2H3,(H,24,31)(H,25,26,28,29). The molecule has 3 heterocycles. The van der Waals surface area contributed by atoms with Crippen LogP contribution in [0.5, 0.6) is 5.75 Å². The molecule has 2 N–H and O–H groups in total. The zero-order valence-corrected chi connectivity index (χ0v) is 18.3. The van der Waals surface area contributed by atoms with Crippen LogP contribution in [-0.4, -0.2) is 42.0 Å². The molecule has 4 rings (SSSR count). The highest BCUT2D eigenvalue weighted by Gasteiger charge is 2.19. The van der Waals surface area contributed by atoms with E-state index in [4.69, 9.17) is 4.74 Å². The Morgan fingerprint density at radius 2 is 1.91 bits per heavy atom. The fraction of sp³-hybridized carbons (Fsp3) is 0.348. The highest BCUT2D eigenvalue weighted by Crippen LogP contribution is 2.30. The van der Waals surface area contributed by atoms with Gasteiger partial charge >= 0.3 is 0 Å². The van der Waals surface area contributed by atoms with Crippen molar-refractivity contribution in [2.75, 3.05) is 6.61 Å². The van der Waals surface area contributed by atoms with Gasteiger partial charge in [-0.15, -0.1) is 10.2 Å². The average Bonchev–Trinajstić information content (AvgIpc) is 3.51. The van der Waals surface area contributed by atoms with Gasteiger partial charge in [-0.3, -0.25) is 9.48 Å². The number of nitrogens with zero attached hydrogens (tertiary/aromatic N) is 5. The summed E-state index contributed by atoms with van der Waals surface area (Å²) in [4.78, 5) is 16.0. The van der Waals surface area contributed by atoms with Gasteiger partial charge in [0.15, 0.2) is 0 Å². The number of unbranched alkanes of at least 4 members (excludes halogenated alkanes) is 3. The minimum atomic E-state index is -0.304. The van der Waals surface area contributed by atoms with Crippen LogP contribution in [0.25, 0.3) is 33.9 Å². The lowest BCUT2D eigenvalue weighted by Gasteiger charge is -2.10. The van der Waals surface area contributed by atoms with Gasteiger partial charge in [0.25, 0.3) is 5.56 Å². The summed E-state index contributed by atoms with van der Waals surface area (Å²) in [6.45, 7) is 5.64. The molecule has 0 unspecified atom stereocenters. The Morgan fingerprint density at radius 3 is 2.59 bits per heavy atom. The first-order valence-corrected chi connectivity index (χ1v) is 11.0. The Bertz CT molecular complexity index is 1190. The third kappa shape index (κ3) is 4.77. The van der Waals surface area contributed by atoms with E-state index in [1.807, 2.05) is 54.2 Å². The van der Waals surface area contributed by atoms with Gasteiger partial charge in [-0.1, -0.05) is 26.2 Å². The normalized spacial score (nSPS) is 11.1. The number of aryl methyl sites for hydroxylation is 1. The van der Waals surface area contributed by atoms with Gasteiger partial charge in [0, 0.05) is 24.0 Å². The molecule has 0 saturated heterocycles. The summed E-state index contributed by atoms with van der Waals surface area (Å²) in [6, 6.07) is 11.5. The zero-order valence-electron chi connectivity index (χ0n) is 18.3. The van der Waals surface area contributed by atoms with E-state index in [2.05, 4.69) is 37.6 Å². The Labute approximate surface area is 185 Å². The van der Waals surface area contributed by atoms with E-state index in [0.717, 1.165) is 24.3 Å². The van der Waals surface area contributed by atoms with E-state index >= 15 is 0 Å². The second-order valence-corrected chi connectivity index (χ2v) is 7.53. The SMILES string of the molecule is CCCCCCOc1ccc(-c2cc(-c3ccn(CC)n3)c(-c3nn[nH]n3)c(=O)[nH]2)cc1. The number of benzene rings is 1. The van der Waals surface area contributed by atoms with Gasteiger partial charge < -0.3 is 9.72 Å². The number of rotatable bonds is 10. The number of aromatic nitrogens is 7. The maximum Gasteiger partial charge on any atom is 0.260 e. The molecule has 0 aliphatic rings. The summed E-state index contributed by atoms with van der Waals surface area (Å²) in [5, 5.41) is 18.6. The predicted octanol–water partition coefficient (Wildman–Crippen LogP) is 4.06. The summed E-state index contributed by atoms with van der Waals surface area (Å²) in [5.74, 6) is 1.04. The van der Waals surface area contributed by atoms with Crippen molar-refractivity contribution in [3.8, 4) is 39.7 Å². The first-order chi connectivity index (χ1) is 15.7. The molecule has 3 aromatic heterocycles. The van der Waals surface area contributed by atoms with E-state index in [1.165, 1.54) is 19.3 Å². The number of H-pyrrole nitrogens is 2. The fourth-order valence-corrected chi connectivity index (χ4v) is 3.54. The number of tetrazole rings is 1. The lowest BCUT2D eigenvalue weighted by atomic mass is 10.0. The van der Waals surface area contributed by atoms with Crippen molar-refractivity contribution in [2.24, 2.45) is 0 Å². The maximum atomic E-state index is 13.0. The topological polar surface area (TPSA) is 114 Å². The van der Waals surface area contributed by atoms with Crippen molar-refractivity contribution >= 4 is 0 Å². The van der Waals surface area contributed by atoms with Crippen LogP contribution in [0.15, 0.2) is 47.4 Å². The van der Waals surface area contributed by atoms with Gasteiger partial charge in [0.1, 0.15) is 5.75 Å². The minimum absolute atomic E-state index is 0.227. The molecule has 0 bridgehead atoms. The lowest BCUT2D eigenvalue weighted by Crippen LogP contribution is -2.13. The van der Waals surface area contributed by atoms with Crippen molar-refractivity contribution in [2.45, 2.75) is 46.1 Å². The van der Waals surface area contributed by atoms with E-state index in [9.17, 15) is 4.79 Å². The van der Waals surface area contributed by atoms with Crippen LogP contribution in [0, 0.1) is 0 Å². The average molecular weight is 434 g/mol. The van der Waals surface area contributed by atoms with E-state index in [0.29, 0.717) is 29.1 Å². The second kappa shape index (κ2) is 10.0. The quantitative estimate of drug-likeness (QED) is 0.365. The number of ether oxygens (including phenoxy) is 1. The molecule has 0 spiro atoms. The summed E-state index contributed by atoms with van der Waals surface area (Å²) in [5.41, 5.74) is 2.89. The summed E-state index contributed by atoms with van der Waals surface area (Å²) >= 11 is 0. The largest absolute Gasteiger partial charge is 0.494 e. The first-order valence-electron chi connectivity index (χ1n) is 11.0. The second-order valence-electron chi connectivity index (χ2n) is 7.53. The maximum absolute atomic E-state index is 13.0. The van der Waals surface area contributed by atoms with Crippen LogP contribution in [0.2, 0.25) is 0 Å². The highest BCUT2D eigenvalue weighted by molar-refractivity contribution is 5.81. The molecule has 166 valence electrons. The van der Waals surface area contributed by atoms with Crippen molar-refractivity contribution in [1.29, 1.82) is 0 Å². The molecule has 0 aliphatic carbocycles. The minimum Gasteiger partial charge on any atom is -0.494 e. The predicted molar refractivity (Wildman–Crippen MR) is 122 cm³/mol. The molecule has 0 fully saturated rings. The molecule has 0 saturated carbocycles. The molecule has 0 atom stereocenters. The molecule has 1 aromatic carbocycles. The van der Waals surface area contributed by atoms with Crippen molar-refractivity contribution in [3.63, 3.8) is 0 Å². The molecular weight excluding hydrogens is 406 g/mol. The van der Waals surface area contributed by atoms with Gasteiger partial charge in [0.05, 0.1) is 17.9 Å². The Balaban J connectivity index is 1.64. The Kier molecular flexibility index (Phi) is 6.74. The van der Waals surface area contributed by atoms with Crippen LogP contribution < -0.4 is 10.3 Å². The van der Waals surface area contributed by atoms with Crippen molar-refractivity contribution in [3.05, 3.63) is 52.9 Å². The monoisotopic (exact) mass is 433 g/mol. The molecule has 9 heteroatoms. The van der Waals surface area contributed by atoms with E-state index < -0.39 is 0 Å². The summed E-state index contributed by atoms with van der Waals surface area (Å²) in [6.07, 6.45) is 6.55. The highest BCUT2D eigenvalue weighted by atomic mass is 16.5. The number of aromatic amines is 2. The molecule has 0 amide bonds. The van der Waals surface area contributed by atoms with Crippen LogP contribution in [0.4, 0.5) is 0 Å². The van der Waals surface area contributed by atoms with Crippen LogP contribution >= 0.6 is 0 Å². The van der Waals surface area contributed by atoms with E-state index in [1.54, 1.807) is 0 Å². The van der Waals surface area contributed by atoms with Crippen LogP contribution in [-0.2, 0) is 6.54 Å². The van der Waals surface area contributed by atoms with Gasteiger partial charge in [0.2, 0.25) is 5.82 Å². The third-order valence-electron chi connectivity index (χ3n) is 5.27. The zero-order chi connectivity index (χ0) is 22.3. The molecule has 0 aliphatic heterocycles.